The number of esters is 1. The van der Waals surface area contributed by atoms with Crippen molar-refractivity contribution in [2.75, 3.05) is 12.4 Å². The van der Waals surface area contributed by atoms with Crippen molar-refractivity contribution in [3.8, 4) is 22.9 Å². The average molecular weight is 398 g/mol. The number of carbonyl (C=O) groups is 1. The molecule has 0 radical (unpaired) electrons. The van der Waals surface area contributed by atoms with Gasteiger partial charge in [0.2, 0.25) is 0 Å². The van der Waals surface area contributed by atoms with Crippen LogP contribution >= 0.6 is 11.8 Å². The first-order valence-electron chi connectivity index (χ1n) is 9.18. The molecule has 1 aromatic heterocycles. The molecule has 0 saturated carbocycles. The van der Waals surface area contributed by atoms with Crippen molar-refractivity contribution >= 4 is 17.7 Å². The molecule has 0 N–H and O–H groups in total. The molecule has 7 heteroatoms. The van der Waals surface area contributed by atoms with Gasteiger partial charge in [0.05, 0.1) is 12.4 Å². The SMILES string of the molecule is CCOc1ccc(OC(=O)CSc2nnc(-c3ccccc3C)n2CC)cc1. The Kier molecular flexibility index (Phi) is 6.71. The Bertz CT molecular complexity index is 938. The standard InChI is InChI=1S/C21H23N3O3S/c1-4-24-20(18-9-7-6-8-15(18)3)22-23-21(24)28-14-19(25)27-17-12-10-16(11-13-17)26-5-2/h6-13H,4-5,14H2,1-3H3. The van der Waals surface area contributed by atoms with Gasteiger partial charge < -0.3 is 14.0 Å². The Morgan fingerprint density at radius 3 is 2.43 bits per heavy atom. The Balaban J connectivity index is 1.64. The van der Waals surface area contributed by atoms with Gasteiger partial charge in [-0.05, 0) is 50.6 Å². The van der Waals surface area contributed by atoms with Crippen molar-refractivity contribution in [2.24, 2.45) is 0 Å². The van der Waals surface area contributed by atoms with Gasteiger partial charge in [-0.2, -0.15) is 0 Å². The van der Waals surface area contributed by atoms with Gasteiger partial charge in [-0.25, -0.2) is 0 Å². The van der Waals surface area contributed by atoms with Gasteiger partial charge in [-0.3, -0.25) is 4.79 Å². The second kappa shape index (κ2) is 9.41. The molecule has 1 heterocycles. The van der Waals surface area contributed by atoms with Crippen molar-refractivity contribution < 1.29 is 14.3 Å². The van der Waals surface area contributed by atoms with Gasteiger partial charge in [-0.15, -0.1) is 10.2 Å². The van der Waals surface area contributed by atoms with Crippen LogP contribution in [0.4, 0.5) is 0 Å². The number of aryl methyl sites for hydroxylation is 1. The molecule has 0 bridgehead atoms. The highest BCUT2D eigenvalue weighted by atomic mass is 32.2. The number of aromatic nitrogens is 3. The van der Waals surface area contributed by atoms with E-state index in [1.807, 2.05) is 49.6 Å². The quantitative estimate of drug-likeness (QED) is 0.319. The summed E-state index contributed by atoms with van der Waals surface area (Å²) in [5, 5.41) is 9.30. The molecule has 6 nitrogen and oxygen atoms in total. The third kappa shape index (κ3) is 4.72. The van der Waals surface area contributed by atoms with Gasteiger partial charge in [0.15, 0.2) is 11.0 Å². The highest BCUT2D eigenvalue weighted by Gasteiger charge is 2.16. The monoisotopic (exact) mass is 397 g/mol. The molecule has 146 valence electrons. The summed E-state index contributed by atoms with van der Waals surface area (Å²) in [4.78, 5) is 12.2. The summed E-state index contributed by atoms with van der Waals surface area (Å²) >= 11 is 1.32. The molecule has 0 amide bonds. The van der Waals surface area contributed by atoms with Crippen molar-refractivity contribution in [1.29, 1.82) is 0 Å². The minimum atomic E-state index is -0.336. The van der Waals surface area contributed by atoms with Gasteiger partial charge in [0.25, 0.3) is 0 Å². The molecule has 0 aliphatic heterocycles. The van der Waals surface area contributed by atoms with E-state index in [2.05, 4.69) is 10.2 Å². The summed E-state index contributed by atoms with van der Waals surface area (Å²) in [6.45, 7) is 7.31. The number of hydrogen-bond donors (Lipinski definition) is 0. The van der Waals surface area contributed by atoms with E-state index in [0.717, 1.165) is 22.7 Å². The zero-order valence-corrected chi connectivity index (χ0v) is 17.0. The van der Waals surface area contributed by atoms with E-state index >= 15 is 0 Å². The van der Waals surface area contributed by atoms with Gasteiger partial charge in [-0.1, -0.05) is 36.0 Å². The summed E-state index contributed by atoms with van der Waals surface area (Å²) < 4.78 is 12.8. The van der Waals surface area contributed by atoms with Gasteiger partial charge in [0.1, 0.15) is 11.5 Å². The smallest absolute Gasteiger partial charge is 0.321 e. The van der Waals surface area contributed by atoms with E-state index < -0.39 is 0 Å². The molecule has 0 fully saturated rings. The van der Waals surface area contributed by atoms with Crippen molar-refractivity contribution in [1.82, 2.24) is 14.8 Å². The fraction of sp³-hybridized carbons (Fsp3) is 0.286. The Labute approximate surface area is 168 Å². The maximum atomic E-state index is 12.2. The topological polar surface area (TPSA) is 66.2 Å². The Hall–Kier alpha value is -2.80. The fourth-order valence-corrected chi connectivity index (χ4v) is 3.53. The highest BCUT2D eigenvalue weighted by Crippen LogP contribution is 2.26. The largest absolute Gasteiger partial charge is 0.494 e. The third-order valence-corrected chi connectivity index (χ3v) is 5.04. The Morgan fingerprint density at radius 1 is 1.04 bits per heavy atom. The number of rotatable bonds is 8. The van der Waals surface area contributed by atoms with Crippen LogP contribution in [-0.4, -0.2) is 33.1 Å². The normalized spacial score (nSPS) is 10.7. The van der Waals surface area contributed by atoms with Crippen LogP contribution in [0.5, 0.6) is 11.5 Å². The molecular formula is C21H23N3O3S. The van der Waals surface area contributed by atoms with E-state index in [9.17, 15) is 4.79 Å². The van der Waals surface area contributed by atoms with Crippen molar-refractivity contribution in [3.05, 3.63) is 54.1 Å². The van der Waals surface area contributed by atoms with Crippen molar-refractivity contribution in [2.45, 2.75) is 32.5 Å². The first-order chi connectivity index (χ1) is 13.6. The van der Waals surface area contributed by atoms with Crippen LogP contribution in [0.2, 0.25) is 0 Å². The lowest BCUT2D eigenvalue weighted by atomic mass is 10.1. The number of ether oxygens (including phenoxy) is 2. The first-order valence-corrected chi connectivity index (χ1v) is 10.2. The summed E-state index contributed by atoms with van der Waals surface area (Å²) in [6, 6.07) is 15.1. The third-order valence-electron chi connectivity index (χ3n) is 4.10. The summed E-state index contributed by atoms with van der Waals surface area (Å²) in [7, 11) is 0. The van der Waals surface area contributed by atoms with Gasteiger partial charge >= 0.3 is 5.97 Å². The minimum Gasteiger partial charge on any atom is -0.494 e. The van der Waals surface area contributed by atoms with Crippen LogP contribution < -0.4 is 9.47 Å². The van der Waals surface area contributed by atoms with Crippen LogP contribution in [0.15, 0.2) is 53.7 Å². The second-order valence-corrected chi connectivity index (χ2v) is 6.98. The number of thioether (sulfide) groups is 1. The summed E-state index contributed by atoms with van der Waals surface area (Å²) in [6.07, 6.45) is 0. The minimum absolute atomic E-state index is 0.152. The van der Waals surface area contributed by atoms with E-state index in [4.69, 9.17) is 9.47 Å². The zero-order chi connectivity index (χ0) is 19.9. The molecular weight excluding hydrogens is 374 g/mol. The van der Waals surface area contributed by atoms with Crippen molar-refractivity contribution in [3.63, 3.8) is 0 Å². The van der Waals surface area contributed by atoms with E-state index in [0.29, 0.717) is 24.1 Å². The number of nitrogens with zero attached hydrogens (tertiary/aromatic N) is 3. The molecule has 0 aliphatic rings. The van der Waals surface area contributed by atoms with E-state index in [1.165, 1.54) is 11.8 Å². The summed E-state index contributed by atoms with van der Waals surface area (Å²) in [5.41, 5.74) is 2.18. The lowest BCUT2D eigenvalue weighted by molar-refractivity contribution is -0.131. The zero-order valence-electron chi connectivity index (χ0n) is 16.2. The van der Waals surface area contributed by atoms with E-state index in [1.54, 1.807) is 24.3 Å². The first kappa shape index (κ1) is 19.9. The molecule has 0 atom stereocenters. The maximum Gasteiger partial charge on any atom is 0.321 e. The predicted octanol–water partition coefficient (Wildman–Crippen LogP) is 4.37. The van der Waals surface area contributed by atoms with Crippen LogP contribution in [0.25, 0.3) is 11.4 Å². The highest BCUT2D eigenvalue weighted by molar-refractivity contribution is 7.99. The van der Waals surface area contributed by atoms with Crippen LogP contribution in [0.3, 0.4) is 0 Å². The van der Waals surface area contributed by atoms with E-state index in [-0.39, 0.29) is 11.7 Å². The molecule has 0 aliphatic carbocycles. The molecule has 0 saturated heterocycles. The van der Waals surface area contributed by atoms with Crippen LogP contribution in [0.1, 0.15) is 19.4 Å². The molecule has 3 aromatic rings. The molecule has 0 unspecified atom stereocenters. The summed E-state index contributed by atoms with van der Waals surface area (Å²) in [5.74, 6) is 1.86. The average Bonchev–Trinajstić information content (AvgIpc) is 3.11. The van der Waals surface area contributed by atoms with Crippen LogP contribution in [0, 0.1) is 6.92 Å². The Morgan fingerprint density at radius 2 is 1.75 bits per heavy atom. The second-order valence-electron chi connectivity index (χ2n) is 6.03. The number of hydrogen-bond acceptors (Lipinski definition) is 6. The van der Waals surface area contributed by atoms with Gasteiger partial charge in [0, 0.05) is 12.1 Å². The molecule has 2 aromatic carbocycles. The molecule has 0 spiro atoms. The molecule has 3 rings (SSSR count). The lowest BCUT2D eigenvalue weighted by Crippen LogP contribution is -2.11. The van der Waals surface area contributed by atoms with Crippen LogP contribution in [-0.2, 0) is 11.3 Å². The fourth-order valence-electron chi connectivity index (χ4n) is 2.76. The molecule has 28 heavy (non-hydrogen) atoms. The lowest BCUT2D eigenvalue weighted by Gasteiger charge is -2.09. The number of benzene rings is 2. The maximum absolute atomic E-state index is 12.2. The number of carbonyl (C=O) groups excluding carboxylic acids is 1. The predicted molar refractivity (Wildman–Crippen MR) is 110 cm³/mol.